The molecule has 0 bridgehead atoms. The molecule has 1 atom stereocenters. The summed E-state index contributed by atoms with van der Waals surface area (Å²) in [7, 11) is 3.15. The van der Waals surface area contributed by atoms with Crippen LogP contribution in [-0.4, -0.2) is 68.1 Å². The standard InChI is InChI=1S/C27H27N3O7/c1-33-13-11-29(27(32)24-4-3-12-35-24)16-26(31)30-22(19-7-10-23-25(14-19)37-17-36-23)15-21(28-30)18-5-8-20(34-2)9-6-18/h3-10,12,14,22H,11,13,15-17H2,1-2H3/t22-/m1/s1. The molecule has 0 unspecified atom stereocenters. The minimum atomic E-state index is -0.395. The van der Waals surface area contributed by atoms with Crippen LogP contribution >= 0.6 is 0 Å². The van der Waals surface area contributed by atoms with Gasteiger partial charge >= 0.3 is 0 Å². The molecule has 0 N–H and O–H groups in total. The molecule has 0 saturated heterocycles. The van der Waals surface area contributed by atoms with Gasteiger partial charge in [-0.1, -0.05) is 6.07 Å². The van der Waals surface area contributed by atoms with Crippen molar-refractivity contribution in [2.24, 2.45) is 5.10 Å². The van der Waals surface area contributed by atoms with Crippen molar-refractivity contribution >= 4 is 17.5 Å². The first-order chi connectivity index (χ1) is 18.1. The molecule has 0 fully saturated rings. The zero-order valence-corrected chi connectivity index (χ0v) is 20.6. The van der Waals surface area contributed by atoms with Crippen LogP contribution in [0.2, 0.25) is 0 Å². The van der Waals surface area contributed by atoms with Gasteiger partial charge in [-0.15, -0.1) is 0 Å². The Morgan fingerprint density at radius 1 is 1.08 bits per heavy atom. The summed E-state index contributed by atoms with van der Waals surface area (Å²) in [6.45, 7) is 0.456. The molecular formula is C27H27N3O7. The van der Waals surface area contributed by atoms with Crippen LogP contribution in [0.4, 0.5) is 0 Å². The Morgan fingerprint density at radius 3 is 2.62 bits per heavy atom. The molecular weight excluding hydrogens is 478 g/mol. The Balaban J connectivity index is 1.44. The monoisotopic (exact) mass is 505 g/mol. The third-order valence-electron chi connectivity index (χ3n) is 6.28. The highest BCUT2D eigenvalue weighted by Gasteiger charge is 2.35. The van der Waals surface area contributed by atoms with Crippen LogP contribution in [0.15, 0.2) is 70.4 Å². The number of carbonyl (C=O) groups excluding carboxylic acids is 2. The van der Waals surface area contributed by atoms with Crippen LogP contribution in [0.1, 0.15) is 34.1 Å². The molecule has 0 aliphatic carbocycles. The maximum Gasteiger partial charge on any atom is 0.290 e. The summed E-state index contributed by atoms with van der Waals surface area (Å²) >= 11 is 0. The number of rotatable bonds is 9. The summed E-state index contributed by atoms with van der Waals surface area (Å²) in [4.78, 5) is 28.1. The number of methoxy groups -OCH3 is 2. The molecule has 37 heavy (non-hydrogen) atoms. The van der Waals surface area contributed by atoms with E-state index in [1.54, 1.807) is 26.4 Å². The van der Waals surface area contributed by atoms with Gasteiger partial charge in [-0.05, 0) is 59.7 Å². The SMILES string of the molecule is COCCN(CC(=O)N1N=C(c2ccc(OC)cc2)C[C@@H]1c1ccc2c(c1)OCO2)C(=O)c1ccco1. The van der Waals surface area contributed by atoms with Crippen molar-refractivity contribution < 1.29 is 33.0 Å². The highest BCUT2D eigenvalue weighted by molar-refractivity contribution is 6.03. The van der Waals surface area contributed by atoms with E-state index in [0.29, 0.717) is 17.9 Å². The largest absolute Gasteiger partial charge is 0.497 e. The minimum absolute atomic E-state index is 0.153. The second-order valence-corrected chi connectivity index (χ2v) is 8.54. The van der Waals surface area contributed by atoms with Gasteiger partial charge in [0, 0.05) is 20.1 Å². The van der Waals surface area contributed by atoms with Crippen LogP contribution in [0.25, 0.3) is 0 Å². The molecule has 5 rings (SSSR count). The number of hydrogen-bond donors (Lipinski definition) is 0. The topological polar surface area (TPSA) is 103 Å². The smallest absolute Gasteiger partial charge is 0.290 e. The van der Waals surface area contributed by atoms with Crippen LogP contribution < -0.4 is 14.2 Å². The van der Waals surface area contributed by atoms with Crippen molar-refractivity contribution in [3.8, 4) is 17.2 Å². The Bertz CT molecular complexity index is 1290. The van der Waals surface area contributed by atoms with E-state index in [1.165, 1.54) is 16.2 Å². The van der Waals surface area contributed by atoms with Gasteiger partial charge in [0.15, 0.2) is 17.3 Å². The Hall–Kier alpha value is -4.31. The average Bonchev–Trinajstić information content (AvgIpc) is 3.71. The lowest BCUT2D eigenvalue weighted by molar-refractivity contribution is -0.133. The van der Waals surface area contributed by atoms with Crippen LogP contribution in [0.3, 0.4) is 0 Å². The Kier molecular flexibility index (Phi) is 7.09. The highest BCUT2D eigenvalue weighted by atomic mass is 16.7. The first-order valence-corrected chi connectivity index (χ1v) is 11.8. The molecule has 10 nitrogen and oxygen atoms in total. The van der Waals surface area contributed by atoms with Crippen molar-refractivity contribution in [2.75, 3.05) is 40.7 Å². The third-order valence-corrected chi connectivity index (χ3v) is 6.28. The normalized spacial score (nSPS) is 16.0. The van der Waals surface area contributed by atoms with Crippen molar-refractivity contribution in [1.82, 2.24) is 9.91 Å². The number of fused-ring (bicyclic) bond motifs is 1. The van der Waals surface area contributed by atoms with E-state index in [0.717, 1.165) is 22.6 Å². The third kappa shape index (κ3) is 5.14. The molecule has 3 aromatic rings. The number of carbonyl (C=O) groups is 2. The van der Waals surface area contributed by atoms with E-state index in [1.807, 2.05) is 42.5 Å². The summed E-state index contributed by atoms with van der Waals surface area (Å²) < 4.78 is 26.7. The van der Waals surface area contributed by atoms with E-state index < -0.39 is 5.91 Å². The molecule has 0 spiro atoms. The van der Waals surface area contributed by atoms with Gasteiger partial charge in [0.1, 0.15) is 12.3 Å². The molecule has 2 amide bonds. The summed E-state index contributed by atoms with van der Waals surface area (Å²) in [5.41, 5.74) is 2.48. The van der Waals surface area contributed by atoms with Gasteiger partial charge in [0.05, 0.1) is 31.7 Å². The predicted molar refractivity (Wildman–Crippen MR) is 133 cm³/mol. The van der Waals surface area contributed by atoms with Crippen LogP contribution in [0, 0.1) is 0 Å². The lowest BCUT2D eigenvalue weighted by Crippen LogP contribution is -2.42. The Labute approximate surface area is 214 Å². The fourth-order valence-electron chi connectivity index (χ4n) is 4.32. The fraction of sp³-hybridized carbons (Fsp3) is 0.296. The van der Waals surface area contributed by atoms with Gasteiger partial charge in [0.25, 0.3) is 11.8 Å². The quantitative estimate of drug-likeness (QED) is 0.439. The van der Waals surface area contributed by atoms with Gasteiger partial charge < -0.3 is 28.3 Å². The number of furan rings is 1. The lowest BCUT2D eigenvalue weighted by atomic mass is 9.98. The first kappa shape index (κ1) is 24.4. The first-order valence-electron chi connectivity index (χ1n) is 11.8. The number of hydrogen-bond acceptors (Lipinski definition) is 8. The van der Waals surface area contributed by atoms with Crippen LogP contribution in [-0.2, 0) is 9.53 Å². The zero-order chi connectivity index (χ0) is 25.8. The zero-order valence-electron chi connectivity index (χ0n) is 20.6. The van der Waals surface area contributed by atoms with Gasteiger partial charge in [0.2, 0.25) is 6.79 Å². The molecule has 3 heterocycles. The Morgan fingerprint density at radius 2 is 1.89 bits per heavy atom. The molecule has 2 aliphatic heterocycles. The fourth-order valence-corrected chi connectivity index (χ4v) is 4.32. The minimum Gasteiger partial charge on any atom is -0.497 e. The maximum absolute atomic E-state index is 13.7. The van der Waals surface area contributed by atoms with E-state index in [4.69, 9.17) is 28.5 Å². The second-order valence-electron chi connectivity index (χ2n) is 8.54. The van der Waals surface area contributed by atoms with Gasteiger partial charge in [-0.3, -0.25) is 9.59 Å². The predicted octanol–water partition coefficient (Wildman–Crippen LogP) is 3.48. The lowest BCUT2D eigenvalue weighted by Gasteiger charge is -2.26. The molecule has 2 aromatic carbocycles. The van der Waals surface area contributed by atoms with Crippen molar-refractivity contribution in [1.29, 1.82) is 0 Å². The summed E-state index contributed by atoms with van der Waals surface area (Å²) in [6, 6.07) is 15.9. The van der Waals surface area contributed by atoms with E-state index in [-0.39, 0.29) is 44.2 Å². The van der Waals surface area contributed by atoms with E-state index in [9.17, 15) is 9.59 Å². The number of benzene rings is 2. The summed E-state index contributed by atoms with van der Waals surface area (Å²) in [6.07, 6.45) is 1.91. The van der Waals surface area contributed by atoms with Crippen LogP contribution in [0.5, 0.6) is 17.2 Å². The number of hydrazone groups is 1. The van der Waals surface area contributed by atoms with E-state index >= 15 is 0 Å². The summed E-state index contributed by atoms with van der Waals surface area (Å²) in [5, 5.41) is 6.17. The summed E-state index contributed by atoms with van der Waals surface area (Å²) in [5.74, 6) is 1.44. The molecule has 0 radical (unpaired) electrons. The maximum atomic E-state index is 13.7. The van der Waals surface area contributed by atoms with Crippen molar-refractivity contribution in [3.63, 3.8) is 0 Å². The van der Waals surface area contributed by atoms with Gasteiger partial charge in [-0.2, -0.15) is 5.10 Å². The van der Waals surface area contributed by atoms with E-state index in [2.05, 4.69) is 0 Å². The van der Waals surface area contributed by atoms with Crippen molar-refractivity contribution in [3.05, 3.63) is 77.7 Å². The highest BCUT2D eigenvalue weighted by Crippen LogP contribution is 2.39. The second kappa shape index (κ2) is 10.8. The number of nitrogens with zero attached hydrogens (tertiary/aromatic N) is 3. The molecule has 2 aliphatic rings. The number of ether oxygens (including phenoxy) is 4. The van der Waals surface area contributed by atoms with Crippen molar-refractivity contribution in [2.45, 2.75) is 12.5 Å². The molecule has 10 heteroatoms. The average molecular weight is 506 g/mol. The molecule has 0 saturated carbocycles. The van der Waals surface area contributed by atoms with Gasteiger partial charge in [-0.25, -0.2) is 5.01 Å². The number of amides is 2. The molecule has 1 aromatic heterocycles. The molecule has 192 valence electrons.